The Morgan fingerprint density at radius 1 is 1.21 bits per heavy atom. The van der Waals surface area contributed by atoms with Crippen molar-refractivity contribution in [3.63, 3.8) is 0 Å². The third-order valence-electron chi connectivity index (χ3n) is 10.4. The Morgan fingerprint density at radius 2 is 1.88 bits per heavy atom. The van der Waals surface area contributed by atoms with E-state index in [1.54, 1.807) is 0 Å². The largest absolute Gasteiger partial charge is 0.507 e. The number of aliphatic hydroxyl groups is 1. The van der Waals surface area contributed by atoms with Gasteiger partial charge in [-0.1, -0.05) is 0 Å². The van der Waals surface area contributed by atoms with Crippen molar-refractivity contribution in [1.29, 1.82) is 5.41 Å². The highest BCUT2D eigenvalue weighted by atomic mass is 19.4. The molecule has 6 rings (SSSR count). The second kappa shape index (κ2) is 9.93. The molecule has 1 saturated heterocycles. The number of phenols is 1. The van der Waals surface area contributed by atoms with Crippen LogP contribution in [0.15, 0.2) is 6.07 Å². The molecule has 0 spiro atoms. The summed E-state index contributed by atoms with van der Waals surface area (Å²) in [6, 6.07) is -0.832. The van der Waals surface area contributed by atoms with Gasteiger partial charge in [0.05, 0.1) is 28.8 Å². The van der Waals surface area contributed by atoms with Crippen LogP contribution < -0.4 is 5.73 Å². The number of Topliss-reactive ketones (excluding diaryl/α,β-unsaturated/α-hetero) is 3. The van der Waals surface area contributed by atoms with Crippen LogP contribution in [0.25, 0.3) is 0 Å². The van der Waals surface area contributed by atoms with E-state index in [1.165, 1.54) is 19.0 Å². The number of nitrogens with zero attached hydrogens (tertiary/aromatic N) is 2. The summed E-state index contributed by atoms with van der Waals surface area (Å²) in [6.07, 6.45) is -2.27. The number of alkyl halides is 3. The number of phenolic OH excluding ortho intramolecular Hbond substituents is 1. The van der Waals surface area contributed by atoms with Crippen LogP contribution in [0.2, 0.25) is 0 Å². The molecule has 1 amide bonds. The van der Waals surface area contributed by atoms with E-state index in [4.69, 9.17) is 11.1 Å². The number of nitrogens with two attached hydrogens (primary N) is 1. The topological polar surface area (TPSA) is 165 Å². The first-order chi connectivity index (χ1) is 20.1. The van der Waals surface area contributed by atoms with E-state index in [-0.39, 0.29) is 17.5 Å². The first kappa shape index (κ1) is 29.9. The maximum absolute atomic E-state index is 14.9. The van der Waals surface area contributed by atoms with Crippen LogP contribution in [-0.4, -0.2) is 87.8 Å². The Kier molecular flexibility index (Phi) is 6.90. The summed E-state index contributed by atoms with van der Waals surface area (Å²) in [6.45, 7) is 1.29. The van der Waals surface area contributed by atoms with Crippen molar-refractivity contribution in [3.8, 4) is 5.75 Å². The number of ketones is 3. The number of hydrogen-bond donors (Lipinski definition) is 4. The molecule has 5 aliphatic rings. The molecule has 232 valence electrons. The fraction of sp³-hybridized carbons (Fsp3) is 0.633. The highest BCUT2D eigenvalue weighted by Gasteiger charge is 2.68. The number of aromatic hydroxyl groups is 1. The van der Waals surface area contributed by atoms with E-state index in [9.17, 15) is 42.6 Å². The second-order valence-corrected chi connectivity index (χ2v) is 13.1. The van der Waals surface area contributed by atoms with E-state index in [2.05, 4.69) is 0 Å². The lowest BCUT2D eigenvalue weighted by Gasteiger charge is -2.53. The quantitative estimate of drug-likeness (QED) is 0.370. The molecule has 13 heteroatoms. The summed E-state index contributed by atoms with van der Waals surface area (Å²) in [4.78, 5) is 56.8. The lowest BCUT2D eigenvalue weighted by Crippen LogP contribution is -2.73. The zero-order valence-electron chi connectivity index (χ0n) is 23.9. The van der Waals surface area contributed by atoms with E-state index in [0.29, 0.717) is 31.8 Å². The van der Waals surface area contributed by atoms with Crippen LogP contribution in [0.1, 0.15) is 65.2 Å². The van der Waals surface area contributed by atoms with Crippen LogP contribution in [0, 0.1) is 35.0 Å². The summed E-state index contributed by atoms with van der Waals surface area (Å²) >= 11 is 0. The smallest absolute Gasteiger partial charge is 0.417 e. The Hall–Kier alpha value is -3.16. The third-order valence-corrected chi connectivity index (χ3v) is 10.4. The van der Waals surface area contributed by atoms with Gasteiger partial charge in [-0.15, -0.1) is 0 Å². The third kappa shape index (κ3) is 4.37. The van der Waals surface area contributed by atoms with Gasteiger partial charge in [0, 0.05) is 18.5 Å². The molecule has 43 heavy (non-hydrogen) atoms. The molecule has 0 radical (unpaired) electrons. The van der Waals surface area contributed by atoms with Gasteiger partial charge in [0.1, 0.15) is 11.7 Å². The first-order valence-corrected chi connectivity index (χ1v) is 14.7. The van der Waals surface area contributed by atoms with Gasteiger partial charge in [0.15, 0.2) is 23.0 Å². The molecule has 0 bridgehead atoms. The average molecular weight is 605 g/mol. The van der Waals surface area contributed by atoms with E-state index in [0.717, 1.165) is 18.9 Å². The maximum atomic E-state index is 14.9. The number of carbonyl (C=O) groups excluding carboxylic acids is 4. The predicted molar refractivity (Wildman–Crippen MR) is 145 cm³/mol. The van der Waals surface area contributed by atoms with Gasteiger partial charge in [0.25, 0.3) is 0 Å². The van der Waals surface area contributed by atoms with Crippen molar-refractivity contribution in [3.05, 3.63) is 28.3 Å². The SMILES string of the molecule is CN(C)C1C(=O)C(C(N)=O)C(=N)C2(O)C(=O)C3C(=O)c4c(O)cc(C5CCCN5CC5CC5)c(C(F)(F)F)c4CC3CC12. The van der Waals surface area contributed by atoms with Crippen LogP contribution in [0.4, 0.5) is 13.2 Å². The molecule has 5 N–H and O–H groups in total. The van der Waals surface area contributed by atoms with Crippen molar-refractivity contribution < 1.29 is 42.6 Å². The lowest BCUT2D eigenvalue weighted by molar-refractivity contribution is -0.157. The average Bonchev–Trinajstić information content (AvgIpc) is 3.59. The number of rotatable bonds is 5. The molecule has 4 aliphatic carbocycles. The van der Waals surface area contributed by atoms with Gasteiger partial charge >= 0.3 is 6.18 Å². The van der Waals surface area contributed by atoms with Crippen LogP contribution in [-0.2, 0) is 27.0 Å². The Morgan fingerprint density at radius 3 is 2.47 bits per heavy atom. The number of amides is 1. The summed E-state index contributed by atoms with van der Waals surface area (Å²) < 4.78 is 44.8. The lowest BCUT2D eigenvalue weighted by atomic mass is 9.52. The molecule has 1 aliphatic heterocycles. The summed E-state index contributed by atoms with van der Waals surface area (Å²) in [5.74, 6) is -10.4. The standard InChI is InChI=1S/C30H35F3N4O6/c1-36(2)23-16-9-13-8-15-20(24(39)19(13)27(41)29(16,43)26(34)21(25(23)40)28(35)42)18(38)10-14(22(15)30(31,32)33)17-4-3-7-37(17)11-12-5-6-12/h10,12-13,16-17,19,21,23,34,38,43H,3-9,11H2,1-2H3,(H2,35,42). The van der Waals surface area contributed by atoms with Gasteiger partial charge in [0.2, 0.25) is 5.91 Å². The van der Waals surface area contributed by atoms with Crippen molar-refractivity contribution in [2.24, 2.45) is 35.3 Å². The number of primary amides is 1. The predicted octanol–water partition coefficient (Wildman–Crippen LogP) is 1.88. The number of fused-ring (bicyclic) bond motifs is 3. The minimum absolute atomic E-state index is 0.0862. The number of hydrogen-bond acceptors (Lipinski definition) is 9. The molecule has 1 aromatic carbocycles. The summed E-state index contributed by atoms with van der Waals surface area (Å²) in [7, 11) is 2.96. The first-order valence-electron chi connectivity index (χ1n) is 14.7. The molecule has 7 unspecified atom stereocenters. The minimum Gasteiger partial charge on any atom is -0.507 e. The molecule has 10 nitrogen and oxygen atoms in total. The molecule has 0 aromatic heterocycles. The van der Waals surface area contributed by atoms with Crippen molar-refractivity contribution in [2.45, 2.75) is 62.4 Å². The minimum atomic E-state index is -4.86. The van der Waals surface area contributed by atoms with Gasteiger partial charge < -0.3 is 21.4 Å². The summed E-state index contributed by atoms with van der Waals surface area (Å²) in [5, 5.41) is 31.4. The molecule has 1 heterocycles. The van der Waals surface area contributed by atoms with Gasteiger partial charge in [-0.2, -0.15) is 13.2 Å². The highest BCUT2D eigenvalue weighted by Crippen LogP contribution is 2.54. The monoisotopic (exact) mass is 604 g/mol. The van der Waals surface area contributed by atoms with Gasteiger partial charge in [-0.3, -0.25) is 29.0 Å². The van der Waals surface area contributed by atoms with E-state index < -0.39 is 99.8 Å². The van der Waals surface area contributed by atoms with E-state index in [1.807, 2.05) is 4.90 Å². The highest BCUT2D eigenvalue weighted by molar-refractivity contribution is 6.33. The van der Waals surface area contributed by atoms with Crippen LogP contribution in [0.3, 0.4) is 0 Å². The Balaban J connectivity index is 1.48. The molecular weight excluding hydrogens is 569 g/mol. The summed E-state index contributed by atoms with van der Waals surface area (Å²) in [5.41, 5.74) is -0.293. The number of carbonyl (C=O) groups is 4. The molecule has 3 saturated carbocycles. The van der Waals surface area contributed by atoms with E-state index >= 15 is 0 Å². The fourth-order valence-corrected chi connectivity index (χ4v) is 8.39. The number of halogens is 3. The number of benzene rings is 1. The van der Waals surface area contributed by atoms with Gasteiger partial charge in [-0.05, 0) is 88.2 Å². The van der Waals surface area contributed by atoms with Crippen molar-refractivity contribution in [1.82, 2.24) is 9.80 Å². The molecular formula is C30H35F3N4O6. The number of nitrogens with one attached hydrogen (secondary N) is 1. The fourth-order valence-electron chi connectivity index (χ4n) is 8.39. The van der Waals surface area contributed by atoms with Gasteiger partial charge in [-0.25, -0.2) is 0 Å². The Bertz CT molecular complexity index is 1460. The zero-order valence-corrected chi connectivity index (χ0v) is 23.9. The Labute approximate surface area is 245 Å². The molecule has 1 aromatic rings. The zero-order chi connectivity index (χ0) is 31.3. The second-order valence-electron chi connectivity index (χ2n) is 13.1. The van der Waals surface area contributed by atoms with Crippen LogP contribution in [0.5, 0.6) is 5.75 Å². The number of likely N-dealkylation sites (N-methyl/N-ethyl adjacent to an activating group) is 1. The normalized spacial score (nSPS) is 34.8. The van der Waals surface area contributed by atoms with Crippen molar-refractivity contribution >= 4 is 29.0 Å². The molecule has 7 atom stereocenters. The molecule has 4 fully saturated rings. The number of likely N-dealkylation sites (tertiary alicyclic amines) is 1. The maximum Gasteiger partial charge on any atom is 0.417 e. The van der Waals surface area contributed by atoms with Crippen molar-refractivity contribution in [2.75, 3.05) is 27.2 Å². The van der Waals surface area contributed by atoms with Crippen LogP contribution >= 0.6 is 0 Å².